The van der Waals surface area contributed by atoms with Crippen molar-refractivity contribution in [2.75, 3.05) is 13.1 Å². The number of hydrogen-bond acceptors (Lipinski definition) is 3. The van der Waals surface area contributed by atoms with Gasteiger partial charge in [-0.25, -0.2) is 0 Å². The van der Waals surface area contributed by atoms with Crippen molar-refractivity contribution < 1.29 is 29.1 Å². The van der Waals surface area contributed by atoms with Gasteiger partial charge in [-0.3, -0.25) is 4.79 Å². The Morgan fingerprint density at radius 3 is 1.92 bits per heavy atom. The molecule has 0 heterocycles. The molecule has 0 N–H and O–H groups in total. The van der Waals surface area contributed by atoms with Crippen LogP contribution in [0.5, 0.6) is 0 Å². The first-order valence-corrected chi connectivity index (χ1v) is 4.70. The van der Waals surface area contributed by atoms with E-state index in [0.717, 1.165) is 38.8 Å². The average molecular weight is 239 g/mol. The summed E-state index contributed by atoms with van der Waals surface area (Å²) in [5.74, 6) is 0. The van der Waals surface area contributed by atoms with Crippen LogP contribution in [0.1, 0.15) is 39.5 Å². The zero-order chi connectivity index (χ0) is 9.23. The van der Waals surface area contributed by atoms with Crippen LogP contribution in [0.15, 0.2) is 0 Å². The van der Waals surface area contributed by atoms with Crippen LogP contribution in [0, 0.1) is 0 Å². The molecule has 0 aromatic heterocycles. The molecule has 0 aliphatic heterocycles. The SMILES string of the molecule is CCCCN(CCCC)OC=O.[Zn]. The summed E-state index contributed by atoms with van der Waals surface area (Å²) in [6.07, 6.45) is 4.42. The Morgan fingerprint density at radius 1 is 1.15 bits per heavy atom. The predicted octanol–water partition coefficient (Wildman–Crippen LogP) is 1.97. The standard InChI is InChI=1S/C9H19NO2.Zn/c1-3-5-7-10(12-9-11)8-6-4-2;/h9H,3-8H2,1-2H3;. The van der Waals surface area contributed by atoms with Crippen LogP contribution in [-0.2, 0) is 29.1 Å². The van der Waals surface area contributed by atoms with Crippen LogP contribution in [0.2, 0.25) is 0 Å². The molecule has 0 bridgehead atoms. The molecule has 0 spiro atoms. The van der Waals surface area contributed by atoms with E-state index in [1.807, 2.05) is 0 Å². The summed E-state index contributed by atoms with van der Waals surface area (Å²) >= 11 is 0. The van der Waals surface area contributed by atoms with Crippen molar-refractivity contribution in [2.24, 2.45) is 0 Å². The van der Waals surface area contributed by atoms with Crippen LogP contribution in [0.3, 0.4) is 0 Å². The molecule has 0 atom stereocenters. The van der Waals surface area contributed by atoms with Gasteiger partial charge in [0.1, 0.15) is 0 Å². The van der Waals surface area contributed by atoms with Gasteiger partial charge >= 0.3 is 6.47 Å². The second kappa shape index (κ2) is 12.1. The van der Waals surface area contributed by atoms with Gasteiger partial charge in [0, 0.05) is 32.6 Å². The van der Waals surface area contributed by atoms with E-state index in [9.17, 15) is 4.79 Å². The molecule has 0 unspecified atom stereocenters. The number of rotatable bonds is 8. The van der Waals surface area contributed by atoms with Gasteiger partial charge in [0.05, 0.1) is 0 Å². The maximum absolute atomic E-state index is 10.1. The van der Waals surface area contributed by atoms with Crippen LogP contribution >= 0.6 is 0 Å². The van der Waals surface area contributed by atoms with Crippen molar-refractivity contribution in [3.8, 4) is 0 Å². The minimum Gasteiger partial charge on any atom is -0.371 e. The average Bonchev–Trinajstić information content (AvgIpc) is 2.10. The van der Waals surface area contributed by atoms with E-state index in [2.05, 4.69) is 13.8 Å². The van der Waals surface area contributed by atoms with Gasteiger partial charge in [0.2, 0.25) is 0 Å². The second-order valence-corrected chi connectivity index (χ2v) is 2.84. The maximum atomic E-state index is 10.1. The molecule has 4 heteroatoms. The number of hydrogen-bond donors (Lipinski definition) is 0. The van der Waals surface area contributed by atoms with Crippen molar-refractivity contribution in [2.45, 2.75) is 39.5 Å². The van der Waals surface area contributed by atoms with E-state index < -0.39 is 0 Å². The van der Waals surface area contributed by atoms with Gasteiger partial charge in [-0.1, -0.05) is 26.7 Å². The molecule has 0 aromatic rings. The van der Waals surface area contributed by atoms with Crippen molar-refractivity contribution in [1.29, 1.82) is 0 Å². The number of carbonyl (C=O) groups is 1. The summed E-state index contributed by atoms with van der Waals surface area (Å²) in [7, 11) is 0. The molecule has 0 aromatic carbocycles. The van der Waals surface area contributed by atoms with Gasteiger partial charge in [0.15, 0.2) is 0 Å². The van der Waals surface area contributed by atoms with Gasteiger partial charge < -0.3 is 4.84 Å². The van der Waals surface area contributed by atoms with Crippen molar-refractivity contribution in [3.05, 3.63) is 0 Å². The Hall–Kier alpha value is 0.0534. The topological polar surface area (TPSA) is 29.5 Å². The molecule has 74 valence electrons. The molecule has 0 fully saturated rings. The van der Waals surface area contributed by atoms with Gasteiger partial charge in [-0.15, -0.1) is 5.06 Å². The van der Waals surface area contributed by atoms with Gasteiger partial charge in [0.25, 0.3) is 0 Å². The number of hydroxylamine groups is 2. The second-order valence-electron chi connectivity index (χ2n) is 2.84. The molecular weight excluding hydrogens is 219 g/mol. The summed E-state index contributed by atoms with van der Waals surface area (Å²) in [6.45, 7) is 6.47. The van der Waals surface area contributed by atoms with Crippen LogP contribution in [-0.4, -0.2) is 24.6 Å². The predicted molar refractivity (Wildman–Crippen MR) is 48.5 cm³/mol. The van der Waals surface area contributed by atoms with Gasteiger partial charge in [-0.2, -0.15) is 0 Å². The number of unbranched alkanes of at least 4 members (excludes halogenated alkanes) is 2. The molecule has 3 nitrogen and oxygen atoms in total. The third kappa shape index (κ3) is 9.97. The zero-order valence-electron chi connectivity index (χ0n) is 8.79. The molecule has 0 aliphatic carbocycles. The van der Waals surface area contributed by atoms with Crippen molar-refractivity contribution in [1.82, 2.24) is 5.06 Å². The minimum absolute atomic E-state index is 0. The number of carbonyl (C=O) groups excluding carboxylic acids is 1. The van der Waals surface area contributed by atoms with Crippen molar-refractivity contribution in [3.63, 3.8) is 0 Å². The fourth-order valence-corrected chi connectivity index (χ4v) is 0.947. The van der Waals surface area contributed by atoms with Crippen LogP contribution in [0.25, 0.3) is 0 Å². The van der Waals surface area contributed by atoms with E-state index >= 15 is 0 Å². The largest absolute Gasteiger partial charge is 0.371 e. The Labute approximate surface area is 93.5 Å². The summed E-state index contributed by atoms with van der Waals surface area (Å²) < 4.78 is 0. The monoisotopic (exact) mass is 237 g/mol. The first-order chi connectivity index (χ1) is 5.85. The van der Waals surface area contributed by atoms with E-state index in [0.29, 0.717) is 6.47 Å². The molecule has 13 heavy (non-hydrogen) atoms. The minimum atomic E-state index is 0. The summed E-state index contributed by atoms with van der Waals surface area (Å²) in [4.78, 5) is 14.9. The van der Waals surface area contributed by atoms with Crippen molar-refractivity contribution >= 4 is 6.47 Å². The smallest absolute Gasteiger partial charge is 0.312 e. The first-order valence-electron chi connectivity index (χ1n) is 4.70. The number of nitrogens with zero attached hydrogens (tertiary/aromatic N) is 1. The Morgan fingerprint density at radius 2 is 1.62 bits per heavy atom. The third-order valence-electron chi connectivity index (χ3n) is 1.71. The maximum Gasteiger partial charge on any atom is 0.312 e. The van der Waals surface area contributed by atoms with E-state index in [-0.39, 0.29) is 19.5 Å². The first kappa shape index (κ1) is 15.5. The molecule has 0 radical (unpaired) electrons. The summed E-state index contributed by atoms with van der Waals surface area (Å²) in [5.41, 5.74) is 0. The molecule has 0 amide bonds. The van der Waals surface area contributed by atoms with Crippen LogP contribution in [0.4, 0.5) is 0 Å². The van der Waals surface area contributed by atoms with E-state index in [4.69, 9.17) is 4.84 Å². The van der Waals surface area contributed by atoms with Crippen LogP contribution < -0.4 is 0 Å². The molecular formula is C9H19NO2Zn. The fourth-order valence-electron chi connectivity index (χ4n) is 0.947. The fraction of sp³-hybridized carbons (Fsp3) is 0.889. The molecule has 0 saturated carbocycles. The van der Waals surface area contributed by atoms with E-state index in [1.165, 1.54) is 0 Å². The third-order valence-corrected chi connectivity index (χ3v) is 1.71. The normalized spacial score (nSPS) is 9.46. The van der Waals surface area contributed by atoms with Gasteiger partial charge in [-0.05, 0) is 12.8 Å². The Bertz CT molecular complexity index is 104. The Balaban J connectivity index is 0. The molecule has 0 rings (SSSR count). The summed E-state index contributed by atoms with van der Waals surface area (Å²) in [6, 6.07) is 0. The van der Waals surface area contributed by atoms with E-state index in [1.54, 1.807) is 5.06 Å². The zero-order valence-corrected chi connectivity index (χ0v) is 11.8. The Kier molecular flexibility index (Phi) is 14.4. The molecule has 0 saturated heterocycles. The quantitative estimate of drug-likeness (QED) is 0.368. The molecule has 0 aliphatic rings. The summed E-state index contributed by atoms with van der Waals surface area (Å²) in [5, 5.41) is 1.74.